The number of aryl methyl sites for hydroxylation is 1. The quantitative estimate of drug-likeness (QED) is 0.429. The van der Waals surface area contributed by atoms with Crippen molar-refractivity contribution >= 4 is 12.0 Å². The monoisotopic (exact) mass is 487 g/mol. The van der Waals surface area contributed by atoms with Gasteiger partial charge in [-0.3, -0.25) is 4.79 Å². The number of fused-ring (bicyclic) bond motifs is 3. The van der Waals surface area contributed by atoms with Gasteiger partial charge in [0.1, 0.15) is 18.2 Å². The van der Waals surface area contributed by atoms with Gasteiger partial charge in [-0.05, 0) is 48.4 Å². The summed E-state index contributed by atoms with van der Waals surface area (Å²) in [6.07, 6.45) is 2.58. The molecule has 0 saturated carbocycles. The highest BCUT2D eigenvalue weighted by Crippen LogP contribution is 2.38. The SMILES string of the molecule is CCc1nn(-c2ccccc2)c2c1CN(C(=O)NCC(=O)OC)C(c1cccc(F)c1)c1cccn1-2. The van der Waals surface area contributed by atoms with Crippen molar-refractivity contribution in [1.29, 1.82) is 0 Å². The highest BCUT2D eigenvalue weighted by atomic mass is 19.1. The van der Waals surface area contributed by atoms with Crippen molar-refractivity contribution in [2.45, 2.75) is 25.9 Å². The van der Waals surface area contributed by atoms with Crippen LogP contribution in [-0.4, -0.2) is 44.9 Å². The second-order valence-electron chi connectivity index (χ2n) is 8.47. The van der Waals surface area contributed by atoms with E-state index >= 15 is 0 Å². The Morgan fingerprint density at radius 2 is 1.92 bits per heavy atom. The molecule has 0 spiro atoms. The lowest BCUT2D eigenvalue weighted by atomic mass is 10.0. The van der Waals surface area contributed by atoms with E-state index in [9.17, 15) is 14.0 Å². The van der Waals surface area contributed by atoms with E-state index in [1.165, 1.54) is 19.2 Å². The van der Waals surface area contributed by atoms with Gasteiger partial charge >= 0.3 is 12.0 Å². The molecule has 8 nitrogen and oxygen atoms in total. The molecule has 1 atom stereocenters. The molecule has 1 aliphatic heterocycles. The number of para-hydroxylation sites is 1. The lowest BCUT2D eigenvalue weighted by Gasteiger charge is -2.31. The third-order valence-electron chi connectivity index (χ3n) is 6.34. The number of halogens is 1. The molecule has 2 aromatic heterocycles. The average molecular weight is 488 g/mol. The third-order valence-corrected chi connectivity index (χ3v) is 6.34. The molecular weight excluding hydrogens is 461 g/mol. The Balaban J connectivity index is 1.71. The largest absolute Gasteiger partial charge is 0.468 e. The average Bonchev–Trinajstić information content (AvgIpc) is 3.48. The number of ether oxygens (including phenoxy) is 1. The predicted molar refractivity (Wildman–Crippen MR) is 131 cm³/mol. The van der Waals surface area contributed by atoms with E-state index in [2.05, 4.69) is 10.1 Å². The number of carbonyl (C=O) groups excluding carboxylic acids is 2. The number of aromatic nitrogens is 3. The van der Waals surface area contributed by atoms with Gasteiger partial charge in [-0.15, -0.1) is 0 Å². The Morgan fingerprint density at radius 1 is 1.11 bits per heavy atom. The fourth-order valence-corrected chi connectivity index (χ4v) is 4.70. The molecule has 0 fully saturated rings. The van der Waals surface area contributed by atoms with Crippen LogP contribution in [0.1, 0.15) is 35.5 Å². The molecule has 9 heteroatoms. The maximum Gasteiger partial charge on any atom is 0.325 e. The number of urea groups is 1. The summed E-state index contributed by atoms with van der Waals surface area (Å²) >= 11 is 0. The molecule has 1 aliphatic rings. The minimum atomic E-state index is -0.616. The van der Waals surface area contributed by atoms with Crippen LogP contribution >= 0.6 is 0 Å². The molecule has 4 aromatic rings. The number of carbonyl (C=O) groups is 2. The van der Waals surface area contributed by atoms with Gasteiger partial charge in [0.2, 0.25) is 0 Å². The fraction of sp³-hybridized carbons (Fsp3) is 0.222. The Morgan fingerprint density at radius 3 is 2.64 bits per heavy atom. The molecule has 2 aromatic carbocycles. The highest BCUT2D eigenvalue weighted by Gasteiger charge is 2.36. The van der Waals surface area contributed by atoms with Crippen molar-refractivity contribution in [1.82, 2.24) is 24.6 Å². The molecular formula is C27H26FN5O3. The van der Waals surface area contributed by atoms with Crippen LogP contribution in [0.2, 0.25) is 0 Å². The van der Waals surface area contributed by atoms with E-state index in [-0.39, 0.29) is 13.1 Å². The first-order valence-electron chi connectivity index (χ1n) is 11.7. The first-order valence-corrected chi connectivity index (χ1v) is 11.7. The van der Waals surface area contributed by atoms with E-state index < -0.39 is 23.9 Å². The van der Waals surface area contributed by atoms with Gasteiger partial charge in [-0.25, -0.2) is 13.9 Å². The molecule has 0 bridgehead atoms. The third kappa shape index (κ3) is 4.13. The van der Waals surface area contributed by atoms with Crippen molar-refractivity contribution in [3.63, 3.8) is 0 Å². The highest BCUT2D eigenvalue weighted by molar-refractivity contribution is 5.81. The summed E-state index contributed by atoms with van der Waals surface area (Å²) in [4.78, 5) is 26.9. The van der Waals surface area contributed by atoms with Crippen LogP contribution in [0.25, 0.3) is 11.5 Å². The van der Waals surface area contributed by atoms with Gasteiger partial charge < -0.3 is 19.5 Å². The van der Waals surface area contributed by atoms with Gasteiger partial charge in [0, 0.05) is 11.8 Å². The van der Waals surface area contributed by atoms with Crippen molar-refractivity contribution in [3.05, 3.63) is 101 Å². The summed E-state index contributed by atoms with van der Waals surface area (Å²) in [7, 11) is 1.26. The molecule has 2 amide bonds. The van der Waals surface area contributed by atoms with Crippen LogP contribution in [-0.2, 0) is 22.5 Å². The van der Waals surface area contributed by atoms with Crippen LogP contribution in [0.15, 0.2) is 72.9 Å². The Kier molecular flexibility index (Phi) is 6.28. The molecule has 1 N–H and O–H groups in total. The summed E-state index contributed by atoms with van der Waals surface area (Å²) in [5.74, 6) is -0.134. The van der Waals surface area contributed by atoms with Crippen LogP contribution in [0.5, 0.6) is 0 Å². The maximum absolute atomic E-state index is 14.4. The summed E-state index contributed by atoms with van der Waals surface area (Å²) in [5, 5.41) is 7.55. The summed E-state index contributed by atoms with van der Waals surface area (Å²) in [5.41, 5.74) is 4.00. The molecule has 36 heavy (non-hydrogen) atoms. The lowest BCUT2D eigenvalue weighted by molar-refractivity contribution is -0.139. The number of nitrogens with one attached hydrogen (secondary N) is 1. The molecule has 0 aliphatic carbocycles. The van der Waals surface area contributed by atoms with E-state index in [1.54, 1.807) is 17.0 Å². The van der Waals surface area contributed by atoms with Gasteiger partial charge in [0.05, 0.1) is 36.8 Å². The summed E-state index contributed by atoms with van der Waals surface area (Å²) in [6, 6.07) is 18.8. The minimum Gasteiger partial charge on any atom is -0.468 e. The van der Waals surface area contributed by atoms with Crippen molar-refractivity contribution in [2.24, 2.45) is 0 Å². The Bertz CT molecular complexity index is 1410. The van der Waals surface area contributed by atoms with Gasteiger partial charge in [-0.2, -0.15) is 5.10 Å². The Labute approximate surface area is 207 Å². The number of nitrogens with zero attached hydrogens (tertiary/aromatic N) is 4. The van der Waals surface area contributed by atoms with E-state index in [4.69, 9.17) is 5.10 Å². The van der Waals surface area contributed by atoms with Crippen molar-refractivity contribution in [3.8, 4) is 11.5 Å². The standard InChI is InChI=1S/C27H26FN5O3/c1-3-22-21-17-32(27(35)29-16-24(34)36-2)25(18-9-7-10-19(28)15-18)23-13-8-14-31(23)26(21)33(30-22)20-11-5-4-6-12-20/h4-15,25H,3,16-17H2,1-2H3,(H,29,35). The van der Waals surface area contributed by atoms with Gasteiger partial charge in [0.15, 0.2) is 0 Å². The topological polar surface area (TPSA) is 81.4 Å². The molecule has 184 valence electrons. The summed E-state index contributed by atoms with van der Waals surface area (Å²) in [6.45, 7) is 1.95. The van der Waals surface area contributed by atoms with Gasteiger partial charge in [0.25, 0.3) is 0 Å². The first-order chi connectivity index (χ1) is 17.5. The van der Waals surface area contributed by atoms with Crippen LogP contribution in [0, 0.1) is 5.82 Å². The van der Waals surface area contributed by atoms with Crippen LogP contribution in [0.4, 0.5) is 9.18 Å². The number of esters is 1. The fourth-order valence-electron chi connectivity index (χ4n) is 4.70. The normalized spacial score (nSPS) is 14.5. The lowest BCUT2D eigenvalue weighted by Crippen LogP contribution is -2.44. The molecule has 3 heterocycles. The number of methoxy groups -OCH3 is 1. The van der Waals surface area contributed by atoms with Crippen molar-refractivity contribution < 1.29 is 18.7 Å². The van der Waals surface area contributed by atoms with Gasteiger partial charge in [-0.1, -0.05) is 37.3 Å². The first kappa shape index (κ1) is 23.3. The smallest absolute Gasteiger partial charge is 0.325 e. The second kappa shape index (κ2) is 9.69. The Hall–Kier alpha value is -4.40. The zero-order valence-electron chi connectivity index (χ0n) is 20.0. The second-order valence-corrected chi connectivity index (χ2v) is 8.47. The number of amides is 2. The van der Waals surface area contributed by atoms with E-state index in [0.717, 1.165) is 28.5 Å². The van der Waals surface area contributed by atoms with Crippen molar-refractivity contribution in [2.75, 3.05) is 13.7 Å². The van der Waals surface area contributed by atoms with Crippen LogP contribution < -0.4 is 5.32 Å². The number of hydrogen-bond acceptors (Lipinski definition) is 4. The zero-order chi connectivity index (χ0) is 25.2. The summed E-state index contributed by atoms with van der Waals surface area (Å²) < 4.78 is 22.9. The molecule has 0 radical (unpaired) electrons. The van der Waals surface area contributed by atoms with E-state index in [0.29, 0.717) is 12.0 Å². The zero-order valence-corrected chi connectivity index (χ0v) is 20.0. The predicted octanol–water partition coefficient (Wildman–Crippen LogP) is 4.15. The van der Waals surface area contributed by atoms with E-state index in [1.807, 2.05) is 64.8 Å². The number of rotatable bonds is 5. The molecule has 1 unspecified atom stereocenters. The number of hydrogen-bond donors (Lipinski definition) is 1. The molecule has 0 saturated heterocycles. The number of benzene rings is 2. The maximum atomic E-state index is 14.4. The minimum absolute atomic E-state index is 0.210. The molecule has 5 rings (SSSR count). The van der Waals surface area contributed by atoms with Crippen LogP contribution in [0.3, 0.4) is 0 Å².